The molecule has 2 aromatic heterocycles. The van der Waals surface area contributed by atoms with Crippen LogP contribution in [0.2, 0.25) is 0 Å². The number of amides is 3. The van der Waals surface area contributed by atoms with E-state index in [-0.39, 0.29) is 12.4 Å². The summed E-state index contributed by atoms with van der Waals surface area (Å²) in [6.07, 6.45) is 3.22. The molecule has 2 aromatic carbocycles. The Hall–Kier alpha value is -4.86. The highest BCUT2D eigenvalue weighted by molar-refractivity contribution is 6.07. The topological polar surface area (TPSA) is 132 Å². The number of rotatable bonds is 6. The molecule has 5 rings (SSSR count). The number of hydrogen-bond donors (Lipinski definition) is 3. The minimum Gasteiger partial charge on any atom is -0.497 e. The van der Waals surface area contributed by atoms with Gasteiger partial charge in [-0.05, 0) is 35.9 Å². The molecular weight excluding hydrogens is 464 g/mol. The van der Waals surface area contributed by atoms with Crippen molar-refractivity contribution in [3.05, 3.63) is 78.1 Å². The van der Waals surface area contributed by atoms with Crippen molar-refractivity contribution >= 4 is 28.7 Å². The molecule has 36 heavy (non-hydrogen) atoms. The van der Waals surface area contributed by atoms with Gasteiger partial charge in [0.05, 0.1) is 32.0 Å². The number of aromatic nitrogens is 2. The Bertz CT molecular complexity index is 1510. The maximum Gasteiger partial charge on any atom is 0.337 e. The van der Waals surface area contributed by atoms with Crippen LogP contribution in [0.3, 0.4) is 0 Å². The quantitative estimate of drug-likeness (QED) is 0.282. The molecule has 3 amide bonds. The van der Waals surface area contributed by atoms with Crippen LogP contribution in [0.1, 0.15) is 15.9 Å². The largest absolute Gasteiger partial charge is 0.497 e. The van der Waals surface area contributed by atoms with E-state index in [1.807, 2.05) is 0 Å². The second-order valence-corrected chi connectivity index (χ2v) is 8.35. The molecule has 3 heterocycles. The van der Waals surface area contributed by atoms with Gasteiger partial charge in [0.15, 0.2) is 11.4 Å². The third kappa shape index (κ3) is 3.78. The molecule has 0 saturated carbocycles. The van der Waals surface area contributed by atoms with Crippen molar-refractivity contribution in [2.75, 3.05) is 14.2 Å². The van der Waals surface area contributed by atoms with Crippen molar-refractivity contribution in [2.24, 2.45) is 0 Å². The summed E-state index contributed by atoms with van der Waals surface area (Å²) >= 11 is 0. The van der Waals surface area contributed by atoms with E-state index in [1.54, 1.807) is 60.8 Å². The van der Waals surface area contributed by atoms with Crippen molar-refractivity contribution in [3.8, 4) is 22.9 Å². The van der Waals surface area contributed by atoms with Crippen molar-refractivity contribution in [1.82, 2.24) is 20.2 Å². The molecule has 0 aliphatic carbocycles. The maximum absolute atomic E-state index is 13.1. The van der Waals surface area contributed by atoms with Crippen molar-refractivity contribution in [2.45, 2.75) is 12.1 Å². The van der Waals surface area contributed by atoms with E-state index in [9.17, 15) is 19.5 Å². The molecule has 4 aromatic rings. The number of imide groups is 1. The number of benzene rings is 2. The van der Waals surface area contributed by atoms with Crippen LogP contribution in [0.4, 0.5) is 4.79 Å². The van der Waals surface area contributed by atoms with E-state index in [0.717, 1.165) is 5.39 Å². The van der Waals surface area contributed by atoms with Crippen LogP contribution in [0.25, 0.3) is 22.0 Å². The van der Waals surface area contributed by atoms with Crippen molar-refractivity contribution < 1.29 is 29.0 Å². The van der Waals surface area contributed by atoms with E-state index in [4.69, 9.17) is 9.47 Å². The number of aromatic hydroxyl groups is 1. The summed E-state index contributed by atoms with van der Waals surface area (Å²) < 4.78 is 11.5. The fraction of sp³-hybridized carbons (Fsp3) is 0.154. The van der Waals surface area contributed by atoms with Gasteiger partial charge in [-0.25, -0.2) is 9.59 Å². The summed E-state index contributed by atoms with van der Waals surface area (Å²) in [5.74, 6) is -0.493. The van der Waals surface area contributed by atoms with E-state index >= 15 is 0 Å². The summed E-state index contributed by atoms with van der Waals surface area (Å²) in [7, 11) is 2.84. The van der Waals surface area contributed by atoms with E-state index in [2.05, 4.69) is 15.6 Å². The standard InChI is InChI=1S/C26H22N4O6/c1-35-19-8-5-17-13-30(22(31)20(17)12-19)14-26(24(33)28-25(34)29-26)18-6-3-15(4-7-18)21-11-16(9-10-27-21)23(32)36-2/h3-13,31H,14H2,1-2H3,(H2,28,29,33,34). The highest BCUT2D eigenvalue weighted by Gasteiger charge is 2.48. The first-order valence-electron chi connectivity index (χ1n) is 11.0. The molecule has 1 unspecified atom stereocenters. The number of nitrogens with zero attached hydrogens (tertiary/aromatic N) is 2. The number of methoxy groups -OCH3 is 2. The van der Waals surface area contributed by atoms with Crippen LogP contribution in [0.15, 0.2) is 67.0 Å². The number of hydrogen-bond acceptors (Lipinski definition) is 7. The van der Waals surface area contributed by atoms with Gasteiger partial charge in [0.1, 0.15) is 5.75 Å². The van der Waals surface area contributed by atoms with Gasteiger partial charge in [-0.1, -0.05) is 24.3 Å². The lowest BCUT2D eigenvalue weighted by atomic mass is 9.88. The monoisotopic (exact) mass is 486 g/mol. The summed E-state index contributed by atoms with van der Waals surface area (Å²) in [6.45, 7) is -0.0528. The lowest BCUT2D eigenvalue weighted by molar-refractivity contribution is -0.124. The zero-order valence-corrected chi connectivity index (χ0v) is 19.4. The average Bonchev–Trinajstić information content (AvgIpc) is 3.37. The first-order chi connectivity index (χ1) is 17.3. The predicted molar refractivity (Wildman–Crippen MR) is 130 cm³/mol. The van der Waals surface area contributed by atoms with Crippen LogP contribution in [-0.2, 0) is 21.6 Å². The normalized spacial score (nSPS) is 17.1. The zero-order chi connectivity index (χ0) is 25.4. The van der Waals surface area contributed by atoms with Crippen LogP contribution in [0, 0.1) is 0 Å². The van der Waals surface area contributed by atoms with Crippen LogP contribution < -0.4 is 15.4 Å². The Morgan fingerprint density at radius 1 is 1.08 bits per heavy atom. The number of ether oxygens (including phenoxy) is 2. The Morgan fingerprint density at radius 2 is 1.86 bits per heavy atom. The molecule has 10 nitrogen and oxygen atoms in total. The number of urea groups is 1. The van der Waals surface area contributed by atoms with E-state index in [0.29, 0.717) is 33.5 Å². The smallest absolute Gasteiger partial charge is 0.337 e. The zero-order valence-electron chi connectivity index (χ0n) is 19.4. The number of carbonyl (C=O) groups excluding carboxylic acids is 3. The molecule has 1 fully saturated rings. The number of esters is 1. The minimum absolute atomic E-state index is 0.0528. The number of carbonyl (C=O) groups is 3. The molecule has 1 saturated heterocycles. The number of fused-ring (bicyclic) bond motifs is 1. The van der Waals surface area contributed by atoms with Gasteiger partial charge in [-0.15, -0.1) is 0 Å². The summed E-state index contributed by atoms with van der Waals surface area (Å²) in [5.41, 5.74) is 0.645. The lowest BCUT2D eigenvalue weighted by Crippen LogP contribution is -2.47. The Kier molecular flexibility index (Phi) is 5.56. The molecule has 0 spiro atoms. The number of pyridine rings is 1. The second-order valence-electron chi connectivity index (χ2n) is 8.35. The van der Waals surface area contributed by atoms with Gasteiger partial charge in [0.2, 0.25) is 0 Å². The SMILES string of the molecule is COC(=O)c1ccnc(-c2ccc(C3(Cn4cc5ccc(OC)cc5c4O)NC(=O)NC3=O)cc2)c1. The molecule has 0 radical (unpaired) electrons. The van der Waals surface area contributed by atoms with E-state index in [1.165, 1.54) is 25.0 Å². The summed E-state index contributed by atoms with van der Waals surface area (Å²) in [4.78, 5) is 41.5. The third-order valence-corrected chi connectivity index (χ3v) is 6.27. The second kappa shape index (κ2) is 8.73. The first kappa shape index (κ1) is 22.9. The summed E-state index contributed by atoms with van der Waals surface area (Å²) in [6, 6.07) is 14.7. The Balaban J connectivity index is 1.53. The van der Waals surface area contributed by atoms with Gasteiger partial charge in [0, 0.05) is 28.7 Å². The van der Waals surface area contributed by atoms with E-state index < -0.39 is 23.4 Å². The van der Waals surface area contributed by atoms with Crippen LogP contribution in [0.5, 0.6) is 11.6 Å². The highest BCUT2D eigenvalue weighted by Crippen LogP contribution is 2.35. The first-order valence-corrected chi connectivity index (χ1v) is 11.0. The van der Waals surface area contributed by atoms with Gasteiger partial charge >= 0.3 is 12.0 Å². The molecule has 10 heteroatoms. The molecule has 1 aliphatic heterocycles. The highest BCUT2D eigenvalue weighted by atomic mass is 16.5. The average molecular weight is 486 g/mol. The molecule has 182 valence electrons. The third-order valence-electron chi connectivity index (χ3n) is 6.27. The Morgan fingerprint density at radius 3 is 2.53 bits per heavy atom. The van der Waals surface area contributed by atoms with Gasteiger partial charge < -0.3 is 24.5 Å². The Labute approximate surface area is 205 Å². The maximum atomic E-state index is 13.1. The lowest BCUT2D eigenvalue weighted by Gasteiger charge is -2.27. The van der Waals surface area contributed by atoms with Crippen molar-refractivity contribution in [3.63, 3.8) is 0 Å². The van der Waals surface area contributed by atoms with Crippen LogP contribution in [-0.4, -0.2) is 46.8 Å². The molecule has 1 atom stereocenters. The minimum atomic E-state index is -1.46. The van der Waals surface area contributed by atoms with Crippen molar-refractivity contribution in [1.29, 1.82) is 0 Å². The van der Waals surface area contributed by atoms with Crippen LogP contribution >= 0.6 is 0 Å². The molecule has 1 aliphatic rings. The molecule has 0 bridgehead atoms. The fourth-order valence-corrected chi connectivity index (χ4v) is 4.38. The molecule has 3 N–H and O–H groups in total. The van der Waals surface area contributed by atoms with Gasteiger partial charge in [0.25, 0.3) is 5.91 Å². The van der Waals surface area contributed by atoms with Gasteiger partial charge in [-0.3, -0.25) is 15.1 Å². The summed E-state index contributed by atoms with van der Waals surface area (Å²) in [5, 5.41) is 17.2. The molecular formula is C26H22N4O6. The van der Waals surface area contributed by atoms with Gasteiger partial charge in [-0.2, -0.15) is 0 Å². The predicted octanol–water partition coefficient (Wildman–Crippen LogP) is 2.94. The fourth-order valence-electron chi connectivity index (χ4n) is 4.38. The number of nitrogens with one attached hydrogen (secondary N) is 2.